The van der Waals surface area contributed by atoms with Crippen LogP contribution >= 0.6 is 0 Å². The fraction of sp³-hybridized carbons (Fsp3) is 0.360. The number of nitrogens with one attached hydrogen (secondary N) is 1. The standard InChI is InChI=1S/C25H30N2O5/c1-30-21-10-8-18(23(17-21)32-3)9-11-24(28)26-20-12-14-27(15-13-20)25(29)16-19-6-4-5-7-22(19)31-2/h4-11,17,20H,12-16H2,1-3H3,(H,26,28)/b11-9+. The van der Waals surface area contributed by atoms with E-state index < -0.39 is 0 Å². The normalized spacial score (nSPS) is 14.3. The van der Waals surface area contributed by atoms with Gasteiger partial charge in [0.2, 0.25) is 11.8 Å². The van der Waals surface area contributed by atoms with Gasteiger partial charge in [0.1, 0.15) is 17.2 Å². The van der Waals surface area contributed by atoms with Crippen LogP contribution in [0.2, 0.25) is 0 Å². The third-order valence-corrected chi connectivity index (χ3v) is 5.58. The number of amides is 2. The van der Waals surface area contributed by atoms with Crippen molar-refractivity contribution in [2.24, 2.45) is 0 Å². The zero-order chi connectivity index (χ0) is 22.9. The maximum absolute atomic E-state index is 12.7. The molecule has 1 saturated heterocycles. The van der Waals surface area contributed by atoms with E-state index in [9.17, 15) is 9.59 Å². The van der Waals surface area contributed by atoms with E-state index >= 15 is 0 Å². The summed E-state index contributed by atoms with van der Waals surface area (Å²) >= 11 is 0. The van der Waals surface area contributed by atoms with Gasteiger partial charge in [0, 0.05) is 42.4 Å². The predicted octanol–water partition coefficient (Wildman–Crippen LogP) is 3.08. The maximum Gasteiger partial charge on any atom is 0.244 e. The Hall–Kier alpha value is -3.48. The lowest BCUT2D eigenvalue weighted by atomic mass is 10.0. The highest BCUT2D eigenvalue weighted by Crippen LogP contribution is 2.25. The molecule has 2 amide bonds. The SMILES string of the molecule is COc1ccc(/C=C/C(=O)NC2CCN(C(=O)Cc3ccccc3OC)CC2)c(OC)c1. The van der Waals surface area contributed by atoms with E-state index in [1.165, 1.54) is 6.08 Å². The van der Waals surface area contributed by atoms with Gasteiger partial charge in [-0.3, -0.25) is 9.59 Å². The van der Waals surface area contributed by atoms with Crippen LogP contribution in [-0.4, -0.2) is 57.2 Å². The number of carbonyl (C=O) groups excluding carboxylic acids is 2. The Morgan fingerprint density at radius 3 is 2.41 bits per heavy atom. The fourth-order valence-electron chi connectivity index (χ4n) is 3.77. The number of rotatable bonds is 8. The van der Waals surface area contributed by atoms with Gasteiger partial charge >= 0.3 is 0 Å². The molecule has 1 aliphatic heterocycles. The Morgan fingerprint density at radius 2 is 1.72 bits per heavy atom. The minimum atomic E-state index is -0.165. The van der Waals surface area contributed by atoms with Crippen LogP contribution < -0.4 is 19.5 Å². The summed E-state index contributed by atoms with van der Waals surface area (Å²) in [6.45, 7) is 1.24. The molecule has 1 fully saturated rings. The topological polar surface area (TPSA) is 77.1 Å². The molecule has 0 radical (unpaired) electrons. The lowest BCUT2D eigenvalue weighted by molar-refractivity contribution is -0.131. The molecular formula is C25H30N2O5. The zero-order valence-corrected chi connectivity index (χ0v) is 18.8. The molecule has 1 aliphatic rings. The number of likely N-dealkylation sites (tertiary alicyclic amines) is 1. The fourth-order valence-corrected chi connectivity index (χ4v) is 3.77. The highest BCUT2D eigenvalue weighted by Gasteiger charge is 2.24. The summed E-state index contributed by atoms with van der Waals surface area (Å²) in [5.74, 6) is 1.96. The summed E-state index contributed by atoms with van der Waals surface area (Å²) in [7, 11) is 4.78. The van der Waals surface area contributed by atoms with Crippen molar-refractivity contribution >= 4 is 17.9 Å². The van der Waals surface area contributed by atoms with Gasteiger partial charge < -0.3 is 24.4 Å². The first-order chi connectivity index (χ1) is 15.5. The number of piperidine rings is 1. The van der Waals surface area contributed by atoms with Crippen molar-refractivity contribution in [2.45, 2.75) is 25.3 Å². The molecule has 0 unspecified atom stereocenters. The van der Waals surface area contributed by atoms with E-state index in [0.29, 0.717) is 31.0 Å². The van der Waals surface area contributed by atoms with E-state index in [1.54, 1.807) is 33.5 Å². The van der Waals surface area contributed by atoms with Gasteiger partial charge in [-0.2, -0.15) is 0 Å². The third kappa shape index (κ3) is 6.03. The molecule has 7 heteroatoms. The second-order valence-electron chi connectivity index (χ2n) is 7.59. The predicted molar refractivity (Wildman–Crippen MR) is 123 cm³/mol. The Bertz CT molecular complexity index is 965. The van der Waals surface area contributed by atoms with Gasteiger partial charge in [-0.1, -0.05) is 18.2 Å². The molecule has 0 saturated carbocycles. The number of nitrogens with zero attached hydrogens (tertiary/aromatic N) is 1. The summed E-state index contributed by atoms with van der Waals surface area (Å²) < 4.78 is 15.9. The van der Waals surface area contributed by atoms with E-state index in [2.05, 4.69) is 5.32 Å². The van der Waals surface area contributed by atoms with Gasteiger partial charge in [-0.25, -0.2) is 0 Å². The minimum Gasteiger partial charge on any atom is -0.497 e. The van der Waals surface area contributed by atoms with Crippen molar-refractivity contribution in [1.29, 1.82) is 0 Å². The molecule has 2 aromatic rings. The molecule has 0 spiro atoms. The summed E-state index contributed by atoms with van der Waals surface area (Å²) in [6, 6.07) is 13.0. The first kappa shape index (κ1) is 23.2. The van der Waals surface area contributed by atoms with Gasteiger partial charge in [0.05, 0.1) is 27.8 Å². The molecule has 32 heavy (non-hydrogen) atoms. The monoisotopic (exact) mass is 438 g/mol. The molecule has 1 heterocycles. The number of hydrogen-bond donors (Lipinski definition) is 1. The molecule has 170 valence electrons. The summed E-state index contributed by atoms with van der Waals surface area (Å²) in [5, 5.41) is 3.03. The third-order valence-electron chi connectivity index (χ3n) is 5.58. The highest BCUT2D eigenvalue weighted by atomic mass is 16.5. The van der Waals surface area contributed by atoms with Crippen LogP contribution in [0, 0.1) is 0 Å². The van der Waals surface area contributed by atoms with Crippen LogP contribution in [0.5, 0.6) is 17.2 Å². The number of ether oxygens (including phenoxy) is 3. The second-order valence-corrected chi connectivity index (χ2v) is 7.59. The molecule has 2 aromatic carbocycles. The van der Waals surface area contributed by atoms with Crippen LogP contribution in [0.4, 0.5) is 0 Å². The Morgan fingerprint density at radius 1 is 1.00 bits per heavy atom. The molecule has 0 aromatic heterocycles. The molecular weight excluding hydrogens is 408 g/mol. The van der Waals surface area contributed by atoms with Crippen LogP contribution in [0.25, 0.3) is 6.08 Å². The van der Waals surface area contributed by atoms with Crippen molar-refractivity contribution in [1.82, 2.24) is 10.2 Å². The molecule has 7 nitrogen and oxygen atoms in total. The van der Waals surface area contributed by atoms with Crippen molar-refractivity contribution in [2.75, 3.05) is 34.4 Å². The van der Waals surface area contributed by atoms with Crippen molar-refractivity contribution < 1.29 is 23.8 Å². The van der Waals surface area contributed by atoms with Gasteiger partial charge in [0.15, 0.2) is 0 Å². The number of benzene rings is 2. The second kappa shape index (κ2) is 11.2. The number of carbonyl (C=O) groups is 2. The molecule has 0 bridgehead atoms. The van der Waals surface area contributed by atoms with Crippen LogP contribution in [0.1, 0.15) is 24.0 Å². The van der Waals surface area contributed by atoms with Crippen LogP contribution in [0.3, 0.4) is 0 Å². The van der Waals surface area contributed by atoms with E-state index in [-0.39, 0.29) is 17.9 Å². The molecule has 0 aliphatic carbocycles. The first-order valence-corrected chi connectivity index (χ1v) is 10.6. The lowest BCUT2D eigenvalue weighted by Crippen LogP contribution is -2.46. The number of methoxy groups -OCH3 is 3. The van der Waals surface area contributed by atoms with Crippen LogP contribution in [0.15, 0.2) is 48.5 Å². The van der Waals surface area contributed by atoms with E-state index in [0.717, 1.165) is 29.7 Å². The van der Waals surface area contributed by atoms with E-state index in [4.69, 9.17) is 14.2 Å². The largest absolute Gasteiger partial charge is 0.497 e. The Labute approximate surface area is 189 Å². The van der Waals surface area contributed by atoms with E-state index in [1.807, 2.05) is 41.3 Å². The molecule has 1 N–H and O–H groups in total. The van der Waals surface area contributed by atoms with Gasteiger partial charge in [-0.05, 0) is 37.1 Å². The first-order valence-electron chi connectivity index (χ1n) is 10.6. The summed E-state index contributed by atoms with van der Waals surface area (Å²) in [5.41, 5.74) is 1.68. The number of para-hydroxylation sites is 1. The Balaban J connectivity index is 1.49. The van der Waals surface area contributed by atoms with Gasteiger partial charge in [0.25, 0.3) is 0 Å². The summed E-state index contributed by atoms with van der Waals surface area (Å²) in [4.78, 5) is 26.9. The average molecular weight is 439 g/mol. The van der Waals surface area contributed by atoms with Gasteiger partial charge in [-0.15, -0.1) is 0 Å². The van der Waals surface area contributed by atoms with Crippen molar-refractivity contribution in [3.05, 3.63) is 59.7 Å². The quantitative estimate of drug-likeness (QED) is 0.641. The lowest BCUT2D eigenvalue weighted by Gasteiger charge is -2.32. The smallest absolute Gasteiger partial charge is 0.244 e. The summed E-state index contributed by atoms with van der Waals surface area (Å²) in [6.07, 6.45) is 4.99. The molecule has 3 rings (SSSR count). The Kier molecular flexibility index (Phi) is 8.14. The van der Waals surface area contributed by atoms with Crippen molar-refractivity contribution in [3.8, 4) is 17.2 Å². The van der Waals surface area contributed by atoms with Crippen LogP contribution in [-0.2, 0) is 16.0 Å². The van der Waals surface area contributed by atoms with Crippen molar-refractivity contribution in [3.63, 3.8) is 0 Å². The maximum atomic E-state index is 12.7. The minimum absolute atomic E-state index is 0.0419. The molecule has 0 atom stereocenters. The zero-order valence-electron chi connectivity index (χ0n) is 18.8. The highest BCUT2D eigenvalue weighted by molar-refractivity contribution is 5.92. The number of hydrogen-bond acceptors (Lipinski definition) is 5. The average Bonchev–Trinajstić information content (AvgIpc) is 2.83.